The van der Waals surface area contributed by atoms with Crippen LogP contribution >= 0.6 is 24.0 Å². The maximum Gasteiger partial charge on any atom is 0.191 e. The molecule has 0 aliphatic rings. The van der Waals surface area contributed by atoms with Crippen LogP contribution in [-0.4, -0.2) is 64.6 Å². The van der Waals surface area contributed by atoms with Gasteiger partial charge < -0.3 is 25.0 Å². The van der Waals surface area contributed by atoms with Crippen LogP contribution in [0.25, 0.3) is 0 Å². The molecular formula is C19H36IN5O2. The number of guanidine groups is 1. The number of unbranched alkanes of at least 4 members (excludes halogenated alkanes) is 1. The molecule has 2 N–H and O–H groups in total. The van der Waals surface area contributed by atoms with E-state index in [9.17, 15) is 0 Å². The lowest BCUT2D eigenvalue weighted by molar-refractivity contribution is 0.0487. The van der Waals surface area contributed by atoms with Gasteiger partial charge in [-0.1, -0.05) is 19.4 Å². The molecule has 156 valence electrons. The summed E-state index contributed by atoms with van der Waals surface area (Å²) in [6, 6.07) is 5.98. The maximum absolute atomic E-state index is 5.56. The third kappa shape index (κ3) is 12.8. The van der Waals surface area contributed by atoms with Crippen molar-refractivity contribution < 1.29 is 9.47 Å². The number of aliphatic imine (C=N–C) groups is 1. The Labute approximate surface area is 181 Å². The zero-order valence-electron chi connectivity index (χ0n) is 17.2. The monoisotopic (exact) mass is 493 g/mol. The standard InChI is InChI=1S/C19H35N5O2.HI/c1-5-7-12-25-14-15-26-13-11-21-19(20-6-2)22-16-17-9-8-10-18(23-17)24(3)4;/h8-10H,5-7,11-16H2,1-4H3,(H2,20,21,22);1H. The summed E-state index contributed by atoms with van der Waals surface area (Å²) in [5.74, 6) is 1.71. The summed E-state index contributed by atoms with van der Waals surface area (Å²) < 4.78 is 11.0. The lowest BCUT2D eigenvalue weighted by atomic mass is 10.3. The van der Waals surface area contributed by atoms with Crippen LogP contribution in [0.4, 0.5) is 5.82 Å². The molecule has 0 radical (unpaired) electrons. The number of anilines is 1. The molecular weight excluding hydrogens is 457 g/mol. The van der Waals surface area contributed by atoms with Gasteiger partial charge in [0.2, 0.25) is 0 Å². The highest BCUT2D eigenvalue weighted by atomic mass is 127. The summed E-state index contributed by atoms with van der Waals surface area (Å²) in [6.07, 6.45) is 2.27. The number of ether oxygens (including phenoxy) is 2. The van der Waals surface area contributed by atoms with Gasteiger partial charge in [0, 0.05) is 33.8 Å². The fourth-order valence-corrected chi connectivity index (χ4v) is 2.12. The fourth-order valence-electron chi connectivity index (χ4n) is 2.12. The normalized spacial score (nSPS) is 11.0. The zero-order valence-corrected chi connectivity index (χ0v) is 19.5. The van der Waals surface area contributed by atoms with E-state index in [1.165, 1.54) is 0 Å². The van der Waals surface area contributed by atoms with Crippen LogP contribution in [0.2, 0.25) is 0 Å². The summed E-state index contributed by atoms with van der Waals surface area (Å²) in [6.45, 7) is 8.96. The summed E-state index contributed by atoms with van der Waals surface area (Å²) in [7, 11) is 3.96. The van der Waals surface area contributed by atoms with Crippen LogP contribution in [0.3, 0.4) is 0 Å². The number of hydrogen-bond acceptors (Lipinski definition) is 5. The van der Waals surface area contributed by atoms with Crippen molar-refractivity contribution >= 4 is 35.8 Å². The molecule has 27 heavy (non-hydrogen) atoms. The number of nitrogens with one attached hydrogen (secondary N) is 2. The zero-order chi connectivity index (χ0) is 19.0. The minimum absolute atomic E-state index is 0. The van der Waals surface area contributed by atoms with Crippen molar-refractivity contribution in [3.8, 4) is 0 Å². The van der Waals surface area contributed by atoms with Crippen molar-refractivity contribution in [2.24, 2.45) is 4.99 Å². The van der Waals surface area contributed by atoms with Crippen LogP contribution < -0.4 is 15.5 Å². The van der Waals surface area contributed by atoms with Gasteiger partial charge in [-0.2, -0.15) is 0 Å². The van der Waals surface area contributed by atoms with Crippen LogP contribution in [0.15, 0.2) is 23.2 Å². The van der Waals surface area contributed by atoms with Gasteiger partial charge in [0.05, 0.1) is 32.1 Å². The Balaban J connectivity index is 0.00000676. The first-order valence-electron chi connectivity index (χ1n) is 9.48. The van der Waals surface area contributed by atoms with E-state index in [1.54, 1.807) is 0 Å². The number of rotatable bonds is 13. The Kier molecular flexibility index (Phi) is 16.3. The molecule has 0 unspecified atom stereocenters. The largest absolute Gasteiger partial charge is 0.379 e. The summed E-state index contributed by atoms with van der Waals surface area (Å²) >= 11 is 0. The number of nitrogens with zero attached hydrogens (tertiary/aromatic N) is 3. The van der Waals surface area contributed by atoms with Crippen molar-refractivity contribution in [3.05, 3.63) is 23.9 Å². The van der Waals surface area contributed by atoms with Gasteiger partial charge in [-0.3, -0.25) is 0 Å². The van der Waals surface area contributed by atoms with Crippen molar-refractivity contribution in [1.29, 1.82) is 0 Å². The molecule has 0 aliphatic carbocycles. The summed E-state index contributed by atoms with van der Waals surface area (Å²) in [4.78, 5) is 11.2. The second-order valence-corrected chi connectivity index (χ2v) is 6.08. The summed E-state index contributed by atoms with van der Waals surface area (Å²) in [5, 5.41) is 6.51. The van der Waals surface area contributed by atoms with Crippen LogP contribution in [0.1, 0.15) is 32.4 Å². The van der Waals surface area contributed by atoms with E-state index in [4.69, 9.17) is 9.47 Å². The van der Waals surface area contributed by atoms with Crippen molar-refractivity contribution in [2.75, 3.05) is 58.5 Å². The molecule has 0 spiro atoms. The quantitative estimate of drug-likeness (QED) is 0.191. The first-order chi connectivity index (χ1) is 12.7. The second kappa shape index (κ2) is 17.0. The predicted molar refractivity (Wildman–Crippen MR) is 123 cm³/mol. The van der Waals surface area contributed by atoms with E-state index < -0.39 is 0 Å². The van der Waals surface area contributed by atoms with E-state index in [2.05, 4.69) is 27.5 Å². The molecule has 8 heteroatoms. The molecule has 0 aromatic carbocycles. The lowest BCUT2D eigenvalue weighted by Gasteiger charge is -2.13. The molecule has 1 rings (SSSR count). The Hall–Kier alpha value is -1.13. The Morgan fingerprint density at radius 2 is 1.81 bits per heavy atom. The first kappa shape index (κ1) is 25.9. The van der Waals surface area contributed by atoms with Gasteiger partial charge in [-0.25, -0.2) is 9.98 Å². The SMILES string of the molecule is CCCCOCCOCCNC(=NCc1cccc(N(C)C)n1)NCC.I. The third-order valence-corrected chi connectivity index (χ3v) is 3.55. The molecule has 1 aromatic rings. The van der Waals surface area contributed by atoms with Crippen molar-refractivity contribution in [3.63, 3.8) is 0 Å². The van der Waals surface area contributed by atoms with Gasteiger partial charge in [0.15, 0.2) is 5.96 Å². The third-order valence-electron chi connectivity index (χ3n) is 3.55. The van der Waals surface area contributed by atoms with Gasteiger partial charge >= 0.3 is 0 Å². The fraction of sp³-hybridized carbons (Fsp3) is 0.684. The average molecular weight is 493 g/mol. The van der Waals surface area contributed by atoms with E-state index in [0.717, 1.165) is 43.5 Å². The second-order valence-electron chi connectivity index (χ2n) is 6.08. The van der Waals surface area contributed by atoms with Crippen LogP contribution in [0, 0.1) is 0 Å². The van der Waals surface area contributed by atoms with Crippen molar-refractivity contribution in [2.45, 2.75) is 33.2 Å². The van der Waals surface area contributed by atoms with Gasteiger partial charge in [0.1, 0.15) is 5.82 Å². The molecule has 1 aromatic heterocycles. The number of halogens is 1. The molecule has 0 amide bonds. The van der Waals surface area contributed by atoms with E-state index in [1.807, 2.05) is 44.1 Å². The molecule has 0 bridgehead atoms. The predicted octanol–water partition coefficient (Wildman–Crippen LogP) is 2.65. The number of pyridine rings is 1. The molecule has 1 heterocycles. The highest BCUT2D eigenvalue weighted by Gasteiger charge is 2.01. The number of hydrogen-bond donors (Lipinski definition) is 2. The first-order valence-corrected chi connectivity index (χ1v) is 9.48. The van der Waals surface area contributed by atoms with Crippen molar-refractivity contribution in [1.82, 2.24) is 15.6 Å². The van der Waals surface area contributed by atoms with Gasteiger partial charge in [-0.05, 0) is 25.5 Å². The van der Waals surface area contributed by atoms with E-state index >= 15 is 0 Å². The molecule has 0 atom stereocenters. The highest BCUT2D eigenvalue weighted by molar-refractivity contribution is 14.0. The smallest absolute Gasteiger partial charge is 0.191 e. The topological polar surface area (TPSA) is 71.0 Å². The Bertz CT molecular complexity index is 515. The highest BCUT2D eigenvalue weighted by Crippen LogP contribution is 2.08. The number of aromatic nitrogens is 1. The molecule has 0 saturated heterocycles. The molecule has 0 fully saturated rings. The summed E-state index contributed by atoms with van der Waals surface area (Å²) in [5.41, 5.74) is 0.939. The lowest BCUT2D eigenvalue weighted by Crippen LogP contribution is -2.39. The Morgan fingerprint density at radius 3 is 2.48 bits per heavy atom. The molecule has 0 saturated carbocycles. The average Bonchev–Trinajstić information content (AvgIpc) is 2.65. The van der Waals surface area contributed by atoms with Crippen LogP contribution in [-0.2, 0) is 16.0 Å². The molecule has 0 aliphatic heterocycles. The van der Waals surface area contributed by atoms with E-state index in [0.29, 0.717) is 32.9 Å². The van der Waals surface area contributed by atoms with Gasteiger partial charge in [-0.15, -0.1) is 24.0 Å². The van der Waals surface area contributed by atoms with Gasteiger partial charge in [0.25, 0.3) is 0 Å². The maximum atomic E-state index is 5.56. The molecule has 7 nitrogen and oxygen atoms in total. The van der Waals surface area contributed by atoms with Crippen LogP contribution in [0.5, 0.6) is 0 Å². The minimum atomic E-state index is 0. The minimum Gasteiger partial charge on any atom is -0.379 e. The Morgan fingerprint density at radius 1 is 1.07 bits per heavy atom. The van der Waals surface area contributed by atoms with E-state index in [-0.39, 0.29) is 24.0 Å².